The molecule has 0 radical (unpaired) electrons. The van der Waals surface area contributed by atoms with Crippen molar-refractivity contribution in [2.45, 2.75) is 53.4 Å². The first-order valence-corrected chi connectivity index (χ1v) is 12.3. The predicted molar refractivity (Wildman–Crippen MR) is 140 cm³/mol. The average molecular weight is 519 g/mol. The first-order chi connectivity index (χ1) is 17.8. The minimum Gasteiger partial charge on any atom is -0.504 e. The quantitative estimate of drug-likeness (QED) is 0.535. The molecular formula is C30H30O8. The molecule has 2 N–H and O–H groups in total. The van der Waals surface area contributed by atoms with E-state index in [-0.39, 0.29) is 79.4 Å². The van der Waals surface area contributed by atoms with Gasteiger partial charge < -0.3 is 19.7 Å². The van der Waals surface area contributed by atoms with E-state index in [1.165, 1.54) is 40.2 Å². The summed E-state index contributed by atoms with van der Waals surface area (Å²) in [5.41, 5.74) is 0.510. The van der Waals surface area contributed by atoms with Crippen molar-refractivity contribution < 1.29 is 38.9 Å². The van der Waals surface area contributed by atoms with Crippen molar-refractivity contribution in [1.29, 1.82) is 0 Å². The number of carbonyl (C=O) groups is 4. The Morgan fingerprint density at radius 3 is 1.18 bits per heavy atom. The second kappa shape index (κ2) is 9.28. The van der Waals surface area contributed by atoms with Gasteiger partial charge in [0.1, 0.15) is 0 Å². The van der Waals surface area contributed by atoms with Crippen molar-refractivity contribution in [2.24, 2.45) is 0 Å². The summed E-state index contributed by atoms with van der Waals surface area (Å²) in [6.45, 7) is 10.1. The third kappa shape index (κ3) is 3.58. The highest BCUT2D eigenvalue weighted by Crippen LogP contribution is 2.47. The van der Waals surface area contributed by atoms with Gasteiger partial charge in [0.15, 0.2) is 46.1 Å². The molecule has 8 nitrogen and oxygen atoms in total. The third-order valence-electron chi connectivity index (χ3n) is 7.24. The molecule has 0 saturated heterocycles. The van der Waals surface area contributed by atoms with Crippen LogP contribution in [0.15, 0.2) is 34.4 Å². The molecule has 0 amide bonds. The van der Waals surface area contributed by atoms with Crippen molar-refractivity contribution in [3.05, 3.63) is 67.8 Å². The number of hydrogen-bond acceptors (Lipinski definition) is 8. The summed E-state index contributed by atoms with van der Waals surface area (Å²) < 4.78 is 10.7. The molecular weight excluding hydrogens is 488 g/mol. The average Bonchev–Trinajstić information content (AvgIpc) is 2.86. The topological polar surface area (TPSA) is 127 Å². The van der Waals surface area contributed by atoms with Crippen LogP contribution in [0, 0.1) is 0 Å². The number of phenolic OH excluding ortho intramolecular Hbond substituents is 2. The Hall–Kier alpha value is -4.20. The van der Waals surface area contributed by atoms with Crippen molar-refractivity contribution in [3.8, 4) is 23.0 Å². The Morgan fingerprint density at radius 2 is 0.921 bits per heavy atom. The van der Waals surface area contributed by atoms with E-state index >= 15 is 0 Å². The summed E-state index contributed by atoms with van der Waals surface area (Å²) in [5, 5.41) is 21.2. The molecule has 0 spiro atoms. The van der Waals surface area contributed by atoms with Gasteiger partial charge in [0, 0.05) is 55.7 Å². The summed E-state index contributed by atoms with van der Waals surface area (Å²) >= 11 is 0. The minimum atomic E-state index is -0.655. The molecule has 0 aliphatic heterocycles. The zero-order chi connectivity index (χ0) is 28.4. The van der Waals surface area contributed by atoms with Crippen LogP contribution in [0.1, 0.15) is 106 Å². The van der Waals surface area contributed by atoms with Crippen LogP contribution in [0.2, 0.25) is 0 Å². The van der Waals surface area contributed by atoms with Crippen LogP contribution in [0.4, 0.5) is 0 Å². The number of benzene rings is 2. The van der Waals surface area contributed by atoms with Crippen LogP contribution < -0.4 is 9.47 Å². The van der Waals surface area contributed by atoms with Crippen molar-refractivity contribution in [3.63, 3.8) is 0 Å². The number of methoxy groups -OCH3 is 2. The van der Waals surface area contributed by atoms with Crippen LogP contribution in [0.5, 0.6) is 23.0 Å². The Labute approximate surface area is 220 Å². The molecule has 2 aliphatic carbocycles. The van der Waals surface area contributed by atoms with Gasteiger partial charge in [-0.25, -0.2) is 0 Å². The molecule has 0 fully saturated rings. The van der Waals surface area contributed by atoms with Gasteiger partial charge in [-0.3, -0.25) is 19.2 Å². The molecule has 198 valence electrons. The Balaban J connectivity index is 2.02. The number of ether oxygens (including phenoxy) is 2. The molecule has 0 atom stereocenters. The lowest BCUT2D eigenvalue weighted by Crippen LogP contribution is -2.30. The molecule has 0 heterocycles. The number of ketones is 4. The number of aromatic hydroxyl groups is 2. The molecule has 2 aromatic carbocycles. The van der Waals surface area contributed by atoms with Gasteiger partial charge in [-0.15, -0.1) is 0 Å². The standard InChI is InChI=1S/C30H30O8/c1-11(2)19-23-15(9-17(31)29(19)37-7)27(35)21(13(5)25(23)33)22-14(6)26(34)24-16(28(22)36)10-18(32)30(38-8)20(24)12(3)4/h9-12,31-32H,1-8H3. The number of fused-ring (bicyclic) bond motifs is 2. The SMILES string of the molecule is COc1c(O)cc2c(c1C(C)C)C(=O)C(C)=C(C1=C(C)C(=O)c3c(cc(O)c(OC)c3C(C)C)C1=O)C2=O. The summed E-state index contributed by atoms with van der Waals surface area (Å²) in [6, 6.07) is 2.33. The van der Waals surface area contributed by atoms with Gasteiger partial charge in [-0.05, 0) is 37.8 Å². The van der Waals surface area contributed by atoms with Crippen LogP contribution in [-0.4, -0.2) is 47.6 Å². The number of hydrogen-bond donors (Lipinski definition) is 2. The molecule has 2 aromatic rings. The maximum Gasteiger partial charge on any atom is 0.195 e. The molecule has 0 saturated carbocycles. The highest BCUT2D eigenvalue weighted by Gasteiger charge is 2.43. The minimum absolute atomic E-state index is 0.0120. The maximum atomic E-state index is 13.9. The molecule has 0 aromatic heterocycles. The third-order valence-corrected chi connectivity index (χ3v) is 7.24. The number of carbonyl (C=O) groups excluding carboxylic acids is 4. The Bertz CT molecular complexity index is 1420. The van der Waals surface area contributed by atoms with Gasteiger partial charge in [0.05, 0.1) is 14.2 Å². The van der Waals surface area contributed by atoms with E-state index in [4.69, 9.17) is 9.47 Å². The fourth-order valence-corrected chi connectivity index (χ4v) is 5.53. The van der Waals surface area contributed by atoms with Crippen molar-refractivity contribution in [2.75, 3.05) is 14.2 Å². The van der Waals surface area contributed by atoms with E-state index in [9.17, 15) is 29.4 Å². The molecule has 38 heavy (non-hydrogen) atoms. The first kappa shape index (κ1) is 26.9. The zero-order valence-corrected chi connectivity index (χ0v) is 22.7. The van der Waals surface area contributed by atoms with E-state index < -0.39 is 23.1 Å². The van der Waals surface area contributed by atoms with E-state index in [1.54, 1.807) is 0 Å². The van der Waals surface area contributed by atoms with Gasteiger partial charge in [0.25, 0.3) is 0 Å². The van der Waals surface area contributed by atoms with Crippen molar-refractivity contribution >= 4 is 23.1 Å². The second-order valence-electron chi connectivity index (χ2n) is 10.2. The number of allylic oxidation sites excluding steroid dienone is 4. The fraction of sp³-hybridized carbons (Fsp3) is 0.333. The van der Waals surface area contributed by atoms with Crippen LogP contribution in [-0.2, 0) is 0 Å². The lowest BCUT2D eigenvalue weighted by Gasteiger charge is -2.29. The maximum absolute atomic E-state index is 13.9. The number of rotatable bonds is 5. The molecule has 2 aliphatic rings. The highest BCUT2D eigenvalue weighted by atomic mass is 16.5. The normalized spacial score (nSPS) is 15.5. The molecule has 4 rings (SSSR count). The lowest BCUT2D eigenvalue weighted by atomic mass is 9.72. The van der Waals surface area contributed by atoms with Gasteiger partial charge in [-0.2, -0.15) is 0 Å². The van der Waals surface area contributed by atoms with Gasteiger partial charge in [-0.1, -0.05) is 27.7 Å². The smallest absolute Gasteiger partial charge is 0.195 e. The number of phenols is 2. The van der Waals surface area contributed by atoms with Crippen LogP contribution >= 0.6 is 0 Å². The molecule has 8 heteroatoms. The van der Waals surface area contributed by atoms with E-state index in [2.05, 4.69) is 0 Å². The molecule has 0 bridgehead atoms. The summed E-state index contributed by atoms with van der Waals surface area (Å²) in [4.78, 5) is 55.3. The number of Topliss-reactive ketones (excluding diaryl/α,β-unsaturated/α-hetero) is 4. The lowest BCUT2D eigenvalue weighted by molar-refractivity contribution is 0.0951. The van der Waals surface area contributed by atoms with Crippen LogP contribution in [0.3, 0.4) is 0 Å². The van der Waals surface area contributed by atoms with E-state index in [0.29, 0.717) is 11.1 Å². The second-order valence-corrected chi connectivity index (χ2v) is 10.2. The Kier molecular flexibility index (Phi) is 6.55. The van der Waals surface area contributed by atoms with Gasteiger partial charge in [0.2, 0.25) is 0 Å². The van der Waals surface area contributed by atoms with E-state index in [1.807, 2.05) is 27.7 Å². The van der Waals surface area contributed by atoms with Crippen LogP contribution in [0.25, 0.3) is 0 Å². The largest absolute Gasteiger partial charge is 0.504 e. The summed E-state index contributed by atoms with van der Waals surface area (Å²) in [6.07, 6.45) is 0. The van der Waals surface area contributed by atoms with Gasteiger partial charge >= 0.3 is 0 Å². The zero-order valence-electron chi connectivity index (χ0n) is 22.7. The Morgan fingerprint density at radius 1 is 0.605 bits per heavy atom. The molecule has 0 unspecified atom stereocenters. The summed E-state index contributed by atoms with van der Waals surface area (Å²) in [7, 11) is 2.73. The van der Waals surface area contributed by atoms with E-state index in [0.717, 1.165) is 0 Å². The first-order valence-electron chi connectivity index (χ1n) is 12.3. The predicted octanol–water partition coefficient (Wildman–Crippen LogP) is 5.45. The monoisotopic (exact) mass is 518 g/mol. The summed E-state index contributed by atoms with van der Waals surface area (Å²) in [5.74, 6) is -3.25. The fourth-order valence-electron chi connectivity index (χ4n) is 5.53. The highest BCUT2D eigenvalue weighted by molar-refractivity contribution is 6.37. The van der Waals surface area contributed by atoms with Crippen molar-refractivity contribution in [1.82, 2.24) is 0 Å².